The summed E-state index contributed by atoms with van der Waals surface area (Å²) in [5.74, 6) is 0. The SMILES string of the molecule is CCCCCCCCCCC(CCN(C)C)NCC. The molecule has 0 aliphatic carbocycles. The topological polar surface area (TPSA) is 15.3 Å². The second kappa shape index (κ2) is 14.3. The lowest BCUT2D eigenvalue weighted by atomic mass is 10.0. The van der Waals surface area contributed by atoms with Gasteiger partial charge in [0.2, 0.25) is 0 Å². The van der Waals surface area contributed by atoms with Gasteiger partial charge >= 0.3 is 0 Å². The number of hydrogen-bond acceptors (Lipinski definition) is 2. The molecule has 0 aromatic heterocycles. The van der Waals surface area contributed by atoms with Gasteiger partial charge in [-0.3, -0.25) is 0 Å². The van der Waals surface area contributed by atoms with E-state index in [9.17, 15) is 0 Å². The van der Waals surface area contributed by atoms with Gasteiger partial charge in [-0.2, -0.15) is 0 Å². The Hall–Kier alpha value is -0.0800. The Balaban J connectivity index is 3.42. The Morgan fingerprint density at radius 2 is 1.37 bits per heavy atom. The predicted octanol–water partition coefficient (Wildman–Crippen LogP) is 4.45. The highest BCUT2D eigenvalue weighted by Crippen LogP contribution is 2.11. The summed E-state index contributed by atoms with van der Waals surface area (Å²) < 4.78 is 0. The second-order valence-electron chi connectivity index (χ2n) is 6.11. The minimum atomic E-state index is 0.729. The van der Waals surface area contributed by atoms with Crippen molar-refractivity contribution in [2.75, 3.05) is 27.2 Å². The van der Waals surface area contributed by atoms with Crippen LogP contribution in [0.5, 0.6) is 0 Å². The minimum Gasteiger partial charge on any atom is -0.314 e. The first-order chi connectivity index (χ1) is 9.20. The average Bonchev–Trinajstić information content (AvgIpc) is 2.38. The molecule has 0 bridgehead atoms. The molecule has 0 aliphatic heterocycles. The molecule has 0 saturated heterocycles. The molecule has 0 spiro atoms. The zero-order valence-electron chi connectivity index (χ0n) is 14.0. The van der Waals surface area contributed by atoms with Crippen LogP contribution < -0.4 is 5.32 Å². The Kier molecular flexibility index (Phi) is 14.3. The van der Waals surface area contributed by atoms with Crippen LogP contribution in [0.1, 0.15) is 78.1 Å². The van der Waals surface area contributed by atoms with E-state index in [1.807, 2.05) is 0 Å². The first kappa shape index (κ1) is 18.9. The van der Waals surface area contributed by atoms with Gasteiger partial charge in [-0.25, -0.2) is 0 Å². The van der Waals surface area contributed by atoms with Gasteiger partial charge in [-0.15, -0.1) is 0 Å². The summed E-state index contributed by atoms with van der Waals surface area (Å²) in [5.41, 5.74) is 0. The zero-order chi connectivity index (χ0) is 14.3. The molecule has 0 saturated carbocycles. The van der Waals surface area contributed by atoms with E-state index in [0.29, 0.717) is 0 Å². The maximum absolute atomic E-state index is 3.63. The molecule has 19 heavy (non-hydrogen) atoms. The fourth-order valence-corrected chi connectivity index (χ4v) is 2.58. The van der Waals surface area contributed by atoms with Gasteiger partial charge in [-0.1, -0.05) is 65.2 Å². The molecule has 2 nitrogen and oxygen atoms in total. The Morgan fingerprint density at radius 3 is 1.89 bits per heavy atom. The lowest BCUT2D eigenvalue weighted by molar-refractivity contribution is 0.346. The third-order valence-corrected chi connectivity index (χ3v) is 3.82. The average molecular weight is 271 g/mol. The molecular weight excluding hydrogens is 232 g/mol. The molecular formula is C17H38N2. The van der Waals surface area contributed by atoms with Crippen LogP contribution in [0.3, 0.4) is 0 Å². The Bertz CT molecular complexity index is 169. The summed E-state index contributed by atoms with van der Waals surface area (Å²) in [6, 6.07) is 0.729. The first-order valence-electron chi connectivity index (χ1n) is 8.58. The summed E-state index contributed by atoms with van der Waals surface area (Å²) >= 11 is 0. The third kappa shape index (κ3) is 14.1. The molecule has 0 rings (SSSR count). The van der Waals surface area contributed by atoms with E-state index in [0.717, 1.165) is 12.6 Å². The highest BCUT2D eigenvalue weighted by molar-refractivity contribution is 4.67. The van der Waals surface area contributed by atoms with E-state index in [-0.39, 0.29) is 0 Å². The summed E-state index contributed by atoms with van der Waals surface area (Å²) in [6.07, 6.45) is 14.0. The largest absolute Gasteiger partial charge is 0.314 e. The Labute approximate surface area is 122 Å². The van der Waals surface area contributed by atoms with Gasteiger partial charge in [0.15, 0.2) is 0 Å². The highest BCUT2D eigenvalue weighted by Gasteiger charge is 2.07. The molecule has 0 heterocycles. The van der Waals surface area contributed by atoms with Crippen molar-refractivity contribution in [2.45, 2.75) is 84.1 Å². The van der Waals surface area contributed by atoms with Crippen LogP contribution in [0.25, 0.3) is 0 Å². The van der Waals surface area contributed by atoms with Crippen molar-refractivity contribution in [3.8, 4) is 0 Å². The van der Waals surface area contributed by atoms with Gasteiger partial charge < -0.3 is 10.2 Å². The van der Waals surface area contributed by atoms with Gasteiger partial charge in [0.1, 0.15) is 0 Å². The van der Waals surface area contributed by atoms with E-state index in [1.165, 1.54) is 70.8 Å². The van der Waals surface area contributed by atoms with Gasteiger partial charge in [-0.05, 0) is 40.0 Å². The van der Waals surface area contributed by atoms with Crippen LogP contribution >= 0.6 is 0 Å². The summed E-state index contributed by atoms with van der Waals surface area (Å²) in [5, 5.41) is 3.63. The molecule has 0 aliphatic rings. The Morgan fingerprint density at radius 1 is 0.789 bits per heavy atom. The molecule has 0 radical (unpaired) electrons. The van der Waals surface area contributed by atoms with Crippen LogP contribution in [-0.2, 0) is 0 Å². The lowest BCUT2D eigenvalue weighted by Gasteiger charge is -2.20. The summed E-state index contributed by atoms with van der Waals surface area (Å²) in [6.45, 7) is 6.81. The quantitative estimate of drug-likeness (QED) is 0.469. The number of hydrogen-bond donors (Lipinski definition) is 1. The maximum Gasteiger partial charge on any atom is 0.00791 e. The molecule has 1 N–H and O–H groups in total. The smallest absolute Gasteiger partial charge is 0.00791 e. The van der Waals surface area contributed by atoms with Crippen molar-refractivity contribution < 1.29 is 0 Å². The number of rotatable bonds is 14. The fraction of sp³-hybridized carbons (Fsp3) is 1.00. The first-order valence-corrected chi connectivity index (χ1v) is 8.58. The predicted molar refractivity (Wildman–Crippen MR) is 87.9 cm³/mol. The van der Waals surface area contributed by atoms with Gasteiger partial charge in [0.05, 0.1) is 0 Å². The molecule has 116 valence electrons. The van der Waals surface area contributed by atoms with Gasteiger partial charge in [0, 0.05) is 6.04 Å². The zero-order valence-corrected chi connectivity index (χ0v) is 14.0. The van der Waals surface area contributed by atoms with Crippen LogP contribution in [0.4, 0.5) is 0 Å². The van der Waals surface area contributed by atoms with E-state index < -0.39 is 0 Å². The van der Waals surface area contributed by atoms with Crippen molar-refractivity contribution in [3.05, 3.63) is 0 Å². The molecule has 0 fully saturated rings. The number of nitrogens with zero attached hydrogens (tertiary/aromatic N) is 1. The standard InChI is InChI=1S/C17H38N2/c1-5-7-8-9-10-11-12-13-14-17(18-6-2)15-16-19(3)4/h17-18H,5-16H2,1-4H3. The molecule has 1 unspecified atom stereocenters. The van der Waals surface area contributed by atoms with E-state index in [4.69, 9.17) is 0 Å². The lowest BCUT2D eigenvalue weighted by Crippen LogP contribution is -2.32. The third-order valence-electron chi connectivity index (χ3n) is 3.82. The van der Waals surface area contributed by atoms with Crippen molar-refractivity contribution in [1.82, 2.24) is 10.2 Å². The minimum absolute atomic E-state index is 0.729. The molecule has 0 amide bonds. The van der Waals surface area contributed by atoms with E-state index in [2.05, 4.69) is 38.2 Å². The van der Waals surface area contributed by atoms with E-state index >= 15 is 0 Å². The molecule has 2 heteroatoms. The fourth-order valence-electron chi connectivity index (χ4n) is 2.58. The molecule has 0 aromatic rings. The van der Waals surface area contributed by atoms with Crippen molar-refractivity contribution in [3.63, 3.8) is 0 Å². The summed E-state index contributed by atoms with van der Waals surface area (Å²) in [4.78, 5) is 2.29. The number of unbranched alkanes of at least 4 members (excludes halogenated alkanes) is 7. The van der Waals surface area contributed by atoms with Crippen molar-refractivity contribution in [2.24, 2.45) is 0 Å². The van der Waals surface area contributed by atoms with Crippen LogP contribution in [0.2, 0.25) is 0 Å². The monoisotopic (exact) mass is 270 g/mol. The van der Waals surface area contributed by atoms with Crippen LogP contribution in [0, 0.1) is 0 Å². The van der Waals surface area contributed by atoms with E-state index in [1.54, 1.807) is 0 Å². The van der Waals surface area contributed by atoms with Crippen molar-refractivity contribution >= 4 is 0 Å². The van der Waals surface area contributed by atoms with Gasteiger partial charge in [0.25, 0.3) is 0 Å². The molecule has 0 aromatic carbocycles. The normalized spacial score (nSPS) is 13.1. The van der Waals surface area contributed by atoms with Crippen LogP contribution in [0.15, 0.2) is 0 Å². The summed E-state index contributed by atoms with van der Waals surface area (Å²) in [7, 11) is 4.33. The number of nitrogens with one attached hydrogen (secondary N) is 1. The second-order valence-corrected chi connectivity index (χ2v) is 6.11. The van der Waals surface area contributed by atoms with Crippen LogP contribution in [-0.4, -0.2) is 38.1 Å². The highest BCUT2D eigenvalue weighted by atomic mass is 15.1. The van der Waals surface area contributed by atoms with Crippen molar-refractivity contribution in [1.29, 1.82) is 0 Å². The molecule has 1 atom stereocenters. The maximum atomic E-state index is 3.63.